The van der Waals surface area contributed by atoms with E-state index in [-0.39, 0.29) is 18.4 Å². The largest absolute Gasteiger partial charge is 0.480 e. The molecule has 0 fully saturated rings. The van der Waals surface area contributed by atoms with Gasteiger partial charge < -0.3 is 21.7 Å². The Bertz CT molecular complexity index is 497. The van der Waals surface area contributed by atoms with Gasteiger partial charge in [-0.2, -0.15) is 0 Å². The highest BCUT2D eigenvalue weighted by Crippen LogP contribution is 2.27. The Morgan fingerprint density at radius 3 is 1.67 bits per heavy atom. The zero-order valence-corrected chi connectivity index (χ0v) is 11.0. The first-order valence-corrected chi connectivity index (χ1v) is 6.13. The van der Waals surface area contributed by atoms with Gasteiger partial charge in [0, 0.05) is 6.07 Å². The van der Waals surface area contributed by atoms with E-state index in [1.54, 1.807) is 0 Å². The molecule has 0 bridgehead atoms. The summed E-state index contributed by atoms with van der Waals surface area (Å²) in [6.45, 7) is 0. The van der Waals surface area contributed by atoms with Gasteiger partial charge in [0.25, 0.3) is 0 Å². The summed E-state index contributed by atoms with van der Waals surface area (Å²) in [5.74, 6) is -5.06. The summed E-state index contributed by atoms with van der Waals surface area (Å²) in [7, 11) is 0. The van der Waals surface area contributed by atoms with Crippen LogP contribution in [0.15, 0.2) is 18.2 Å². The van der Waals surface area contributed by atoms with Gasteiger partial charge in [-0.3, -0.25) is 9.59 Å². The quantitative estimate of drug-likeness (QED) is 0.586. The van der Waals surface area contributed by atoms with E-state index >= 15 is 0 Å². The summed E-state index contributed by atoms with van der Waals surface area (Å²) in [6.07, 6.45) is -0.363. The Kier molecular flexibility index (Phi) is 5.74. The molecule has 0 radical (unpaired) electrons. The number of hydrogen-bond donors (Lipinski definition) is 4. The first-order chi connectivity index (χ1) is 9.70. The van der Waals surface area contributed by atoms with Gasteiger partial charge in [-0.15, -0.1) is 0 Å². The molecule has 0 saturated carbocycles. The van der Waals surface area contributed by atoms with Gasteiger partial charge in [0.05, 0.1) is 0 Å². The van der Waals surface area contributed by atoms with Gasteiger partial charge in [0.2, 0.25) is 0 Å². The minimum atomic E-state index is -1.29. The highest BCUT2D eigenvalue weighted by Gasteiger charge is 2.25. The fourth-order valence-electron chi connectivity index (χ4n) is 1.99. The summed E-state index contributed by atoms with van der Waals surface area (Å²) in [5, 5.41) is 17.6. The summed E-state index contributed by atoms with van der Waals surface area (Å²) in [6, 6.07) is 0.104. The minimum absolute atomic E-state index is 0.126. The average Bonchev–Trinajstić information content (AvgIpc) is 2.36. The molecule has 1 rings (SSSR count). The summed E-state index contributed by atoms with van der Waals surface area (Å²) in [5.41, 5.74) is 10.9. The smallest absolute Gasteiger partial charge is 0.320 e. The van der Waals surface area contributed by atoms with E-state index in [4.69, 9.17) is 21.7 Å². The molecule has 1 aromatic carbocycles. The third kappa shape index (κ3) is 5.09. The summed E-state index contributed by atoms with van der Waals surface area (Å²) >= 11 is 0. The van der Waals surface area contributed by atoms with Crippen LogP contribution in [-0.2, 0) is 9.59 Å². The van der Waals surface area contributed by atoms with Crippen molar-refractivity contribution in [1.82, 2.24) is 0 Å². The molecule has 2 unspecified atom stereocenters. The van der Waals surface area contributed by atoms with Crippen LogP contribution >= 0.6 is 0 Å². The van der Waals surface area contributed by atoms with Gasteiger partial charge in [-0.25, -0.2) is 8.78 Å². The monoisotopic (exact) mass is 302 g/mol. The third-order valence-corrected chi connectivity index (χ3v) is 3.07. The summed E-state index contributed by atoms with van der Waals surface area (Å²) < 4.78 is 26.5. The van der Waals surface area contributed by atoms with Crippen LogP contribution in [0, 0.1) is 11.6 Å². The molecule has 0 heterocycles. The van der Waals surface area contributed by atoms with Crippen molar-refractivity contribution >= 4 is 11.9 Å². The van der Waals surface area contributed by atoms with E-state index in [1.807, 2.05) is 0 Å². The van der Waals surface area contributed by atoms with Crippen LogP contribution in [-0.4, -0.2) is 34.2 Å². The summed E-state index contributed by atoms with van der Waals surface area (Å²) in [4.78, 5) is 21.6. The van der Waals surface area contributed by atoms with Crippen LogP contribution in [0.3, 0.4) is 0 Å². The maximum Gasteiger partial charge on any atom is 0.320 e. The number of aliphatic carboxylic acids is 2. The zero-order chi connectivity index (χ0) is 16.2. The van der Waals surface area contributed by atoms with Crippen molar-refractivity contribution in [2.75, 3.05) is 0 Å². The predicted octanol–water partition coefficient (Wildman–Crippen LogP) is 0.652. The lowest BCUT2D eigenvalue weighted by Crippen LogP contribution is -2.36. The molecule has 6 N–H and O–H groups in total. The second kappa shape index (κ2) is 7.09. The first-order valence-electron chi connectivity index (χ1n) is 6.13. The fourth-order valence-corrected chi connectivity index (χ4v) is 1.99. The molecule has 2 atom stereocenters. The van der Waals surface area contributed by atoms with Crippen molar-refractivity contribution in [3.8, 4) is 0 Å². The molecule has 0 aliphatic carbocycles. The normalized spacial score (nSPS) is 15.2. The molecule has 0 spiro atoms. The molecular formula is C13H16F2N2O4. The number of halogens is 2. The predicted molar refractivity (Wildman–Crippen MR) is 69.6 cm³/mol. The molecule has 8 heteroatoms. The van der Waals surface area contributed by atoms with E-state index in [0.717, 1.165) is 12.1 Å². The number of carboxylic acids is 2. The molecule has 0 amide bonds. The van der Waals surface area contributed by atoms with Gasteiger partial charge in [-0.1, -0.05) is 0 Å². The van der Waals surface area contributed by atoms with E-state index in [0.29, 0.717) is 6.07 Å². The van der Waals surface area contributed by atoms with E-state index in [2.05, 4.69) is 0 Å². The number of hydrogen-bond acceptors (Lipinski definition) is 4. The second-order valence-corrected chi connectivity index (χ2v) is 4.76. The van der Waals surface area contributed by atoms with E-state index in [9.17, 15) is 18.4 Å². The molecule has 116 valence electrons. The van der Waals surface area contributed by atoms with Crippen molar-refractivity contribution in [2.24, 2.45) is 11.5 Å². The highest BCUT2D eigenvalue weighted by molar-refractivity contribution is 5.74. The first kappa shape index (κ1) is 17.0. The molecule has 0 aliphatic heterocycles. The Morgan fingerprint density at radius 2 is 1.33 bits per heavy atom. The van der Waals surface area contributed by atoms with Crippen LogP contribution in [0.2, 0.25) is 0 Å². The van der Waals surface area contributed by atoms with Crippen LogP contribution in [0.5, 0.6) is 0 Å². The molecule has 21 heavy (non-hydrogen) atoms. The van der Waals surface area contributed by atoms with Crippen molar-refractivity contribution in [2.45, 2.75) is 30.8 Å². The Balaban J connectivity index is 3.04. The number of carboxylic acid groups (broad SMARTS) is 2. The number of carbonyl (C=O) groups is 2. The van der Waals surface area contributed by atoms with Crippen LogP contribution in [0.4, 0.5) is 8.78 Å². The number of nitrogens with two attached hydrogens (primary N) is 2. The average molecular weight is 302 g/mol. The van der Waals surface area contributed by atoms with Crippen molar-refractivity contribution in [1.29, 1.82) is 0 Å². The molecule has 0 aromatic heterocycles. The second-order valence-electron chi connectivity index (χ2n) is 4.76. The maximum absolute atomic E-state index is 13.2. The van der Waals surface area contributed by atoms with Gasteiger partial charge in [0.1, 0.15) is 23.7 Å². The Hall–Kier alpha value is -2.06. The Morgan fingerprint density at radius 1 is 0.952 bits per heavy atom. The molecule has 0 aliphatic rings. The molecule has 1 aromatic rings. The molecule has 6 nitrogen and oxygen atoms in total. The van der Waals surface area contributed by atoms with Gasteiger partial charge >= 0.3 is 11.9 Å². The Labute approximate surface area is 119 Å². The minimum Gasteiger partial charge on any atom is -0.480 e. The van der Waals surface area contributed by atoms with Crippen molar-refractivity contribution in [3.63, 3.8) is 0 Å². The van der Waals surface area contributed by atoms with Gasteiger partial charge in [0.15, 0.2) is 0 Å². The highest BCUT2D eigenvalue weighted by atomic mass is 19.1. The van der Waals surface area contributed by atoms with Gasteiger partial charge in [-0.05, 0) is 36.5 Å². The fraction of sp³-hybridized carbons (Fsp3) is 0.385. The maximum atomic E-state index is 13.2. The van der Waals surface area contributed by atoms with Crippen molar-refractivity contribution < 1.29 is 28.6 Å². The lowest BCUT2D eigenvalue weighted by atomic mass is 9.87. The number of benzene rings is 1. The SMILES string of the molecule is NC(CC(CC(N)C(=O)O)c1cc(F)cc(F)c1)C(=O)O. The van der Waals surface area contributed by atoms with Crippen LogP contribution in [0.1, 0.15) is 24.3 Å². The topological polar surface area (TPSA) is 127 Å². The number of rotatable bonds is 7. The van der Waals surface area contributed by atoms with Crippen LogP contribution in [0.25, 0.3) is 0 Å². The van der Waals surface area contributed by atoms with E-state index in [1.165, 1.54) is 0 Å². The standard InChI is InChI=1S/C13H16F2N2O4/c14-8-1-6(2-9(15)5-8)7(3-10(16)12(18)19)4-11(17)13(20)21/h1-2,5,7,10-11H,3-4,16-17H2,(H,18,19)(H,20,21). The molecular weight excluding hydrogens is 286 g/mol. The molecule has 0 saturated heterocycles. The van der Waals surface area contributed by atoms with E-state index < -0.39 is 41.6 Å². The van der Waals surface area contributed by atoms with Crippen LogP contribution < -0.4 is 11.5 Å². The van der Waals surface area contributed by atoms with Crippen molar-refractivity contribution in [3.05, 3.63) is 35.4 Å². The lowest BCUT2D eigenvalue weighted by molar-refractivity contribution is -0.139. The lowest BCUT2D eigenvalue weighted by Gasteiger charge is -2.21. The third-order valence-electron chi connectivity index (χ3n) is 3.07. The zero-order valence-electron chi connectivity index (χ0n) is 11.0.